The third-order valence-corrected chi connectivity index (χ3v) is 9.53. The minimum Gasteiger partial charge on any atom is -0.379 e. The van der Waals surface area contributed by atoms with Gasteiger partial charge >= 0.3 is 0 Å². The molecule has 0 unspecified atom stereocenters. The lowest BCUT2D eigenvalue weighted by atomic mass is 9.90. The van der Waals surface area contributed by atoms with Crippen LogP contribution in [-0.4, -0.2) is 106 Å². The SMILES string of the molecule is C[C@H](NC(=O)CN1CCOCC1)C(=O)N[C@@H](Cc1cccc(S(C)(=O)=O)c1)C(=O)N[C@@H](CC1CCCC1)C(=O)[C@@]1(C)CO1. The predicted octanol–water partition coefficient (Wildman–Crippen LogP) is 0.377. The summed E-state index contributed by atoms with van der Waals surface area (Å²) in [5, 5.41) is 8.31. The second-order valence-electron chi connectivity index (χ2n) is 12.2. The van der Waals surface area contributed by atoms with Gasteiger partial charge in [0.25, 0.3) is 0 Å². The molecule has 0 bridgehead atoms. The molecule has 1 aromatic carbocycles. The molecule has 0 aromatic heterocycles. The number of sulfone groups is 1. The maximum absolute atomic E-state index is 13.8. The molecule has 1 saturated carbocycles. The lowest BCUT2D eigenvalue weighted by Crippen LogP contribution is -2.57. The van der Waals surface area contributed by atoms with Crippen molar-refractivity contribution in [2.24, 2.45) is 5.92 Å². The molecule has 1 aliphatic carbocycles. The van der Waals surface area contributed by atoms with E-state index in [1.54, 1.807) is 19.1 Å². The number of ether oxygens (including phenoxy) is 2. The van der Waals surface area contributed by atoms with Crippen molar-refractivity contribution in [3.8, 4) is 0 Å². The van der Waals surface area contributed by atoms with E-state index in [0.717, 1.165) is 31.9 Å². The first-order valence-electron chi connectivity index (χ1n) is 15.0. The second-order valence-corrected chi connectivity index (χ2v) is 14.2. The van der Waals surface area contributed by atoms with Gasteiger partial charge in [0.2, 0.25) is 17.7 Å². The van der Waals surface area contributed by atoms with Gasteiger partial charge in [-0.05, 0) is 43.9 Å². The molecule has 3 fully saturated rings. The van der Waals surface area contributed by atoms with E-state index in [1.165, 1.54) is 19.1 Å². The number of hydrogen-bond donors (Lipinski definition) is 3. The van der Waals surface area contributed by atoms with Gasteiger partial charge in [0.1, 0.15) is 17.7 Å². The Balaban J connectivity index is 1.48. The number of nitrogens with one attached hydrogen (secondary N) is 3. The van der Waals surface area contributed by atoms with E-state index in [1.807, 2.05) is 4.90 Å². The summed E-state index contributed by atoms with van der Waals surface area (Å²) >= 11 is 0. The van der Waals surface area contributed by atoms with Gasteiger partial charge in [0.15, 0.2) is 15.6 Å². The van der Waals surface area contributed by atoms with Crippen molar-refractivity contribution in [3.05, 3.63) is 29.8 Å². The first kappa shape index (κ1) is 33.0. The zero-order chi connectivity index (χ0) is 31.2. The van der Waals surface area contributed by atoms with Crippen LogP contribution in [0, 0.1) is 5.92 Å². The molecule has 238 valence electrons. The number of hydrogen-bond acceptors (Lipinski definition) is 9. The summed E-state index contributed by atoms with van der Waals surface area (Å²) < 4.78 is 35.0. The zero-order valence-corrected chi connectivity index (χ0v) is 26.0. The Hall–Kier alpha value is -2.87. The average Bonchev–Trinajstić information content (AvgIpc) is 3.50. The van der Waals surface area contributed by atoms with Gasteiger partial charge in [-0.25, -0.2) is 8.42 Å². The topological polar surface area (TPSA) is 164 Å². The molecule has 2 aliphatic heterocycles. The molecular weight excluding hydrogens is 576 g/mol. The Morgan fingerprint density at radius 1 is 1.02 bits per heavy atom. The van der Waals surface area contributed by atoms with Crippen molar-refractivity contribution >= 4 is 33.3 Å². The third kappa shape index (κ3) is 9.56. The standard InChI is InChI=1S/C30H44N4O8S/c1-20(31-26(35)18-34-11-13-41-14-12-34)28(37)33-25(17-22-9-6-10-23(15-22)43(3,39)40)29(38)32-24(16-21-7-4-5-8-21)27(36)30(2)19-42-30/h6,9-10,15,20-21,24-25H,4-5,7-8,11-14,16-19H2,1-3H3,(H,31,35)(H,32,38)(H,33,37)/t20-,24-,25-,30+/m0/s1. The van der Waals surface area contributed by atoms with Gasteiger partial charge in [-0.2, -0.15) is 0 Å². The van der Waals surface area contributed by atoms with Crippen molar-refractivity contribution in [2.45, 2.75) is 81.0 Å². The van der Waals surface area contributed by atoms with Crippen LogP contribution in [0.2, 0.25) is 0 Å². The van der Waals surface area contributed by atoms with Crippen LogP contribution in [0.25, 0.3) is 0 Å². The van der Waals surface area contributed by atoms with Crippen molar-refractivity contribution in [1.82, 2.24) is 20.9 Å². The monoisotopic (exact) mass is 620 g/mol. The Kier molecular flexibility index (Phi) is 11.0. The molecule has 0 radical (unpaired) electrons. The summed E-state index contributed by atoms with van der Waals surface area (Å²) in [6, 6.07) is 3.33. The van der Waals surface area contributed by atoms with E-state index >= 15 is 0 Å². The van der Waals surface area contributed by atoms with Crippen LogP contribution < -0.4 is 16.0 Å². The Labute approximate surface area is 253 Å². The number of ketones is 1. The average molecular weight is 621 g/mol. The van der Waals surface area contributed by atoms with Crippen molar-refractivity contribution < 1.29 is 37.1 Å². The van der Waals surface area contributed by atoms with Crippen LogP contribution in [0.5, 0.6) is 0 Å². The van der Waals surface area contributed by atoms with E-state index < -0.39 is 45.4 Å². The molecule has 1 aromatic rings. The number of Topliss-reactive ketones (excluding diaryl/α,β-unsaturated/α-hetero) is 1. The minimum absolute atomic E-state index is 0.0204. The number of morpholine rings is 1. The molecule has 4 atom stereocenters. The number of carbonyl (C=O) groups is 4. The molecule has 3 aliphatic rings. The van der Waals surface area contributed by atoms with Crippen molar-refractivity contribution in [3.63, 3.8) is 0 Å². The lowest BCUT2D eigenvalue weighted by molar-refractivity contribution is -0.134. The fraction of sp³-hybridized carbons (Fsp3) is 0.667. The normalized spacial score (nSPS) is 23.1. The third-order valence-electron chi connectivity index (χ3n) is 8.42. The Morgan fingerprint density at radius 2 is 1.67 bits per heavy atom. The van der Waals surface area contributed by atoms with E-state index in [0.29, 0.717) is 50.8 Å². The van der Waals surface area contributed by atoms with Crippen LogP contribution in [0.4, 0.5) is 0 Å². The number of nitrogens with zero attached hydrogens (tertiary/aromatic N) is 1. The molecule has 2 saturated heterocycles. The molecule has 3 N–H and O–H groups in total. The Morgan fingerprint density at radius 3 is 2.30 bits per heavy atom. The quantitative estimate of drug-likeness (QED) is 0.250. The van der Waals surface area contributed by atoms with Crippen LogP contribution >= 0.6 is 0 Å². The van der Waals surface area contributed by atoms with Crippen LogP contribution in [0.3, 0.4) is 0 Å². The maximum atomic E-state index is 13.8. The minimum atomic E-state index is -3.50. The number of benzene rings is 1. The molecule has 12 nitrogen and oxygen atoms in total. The van der Waals surface area contributed by atoms with Gasteiger partial charge in [0, 0.05) is 25.8 Å². The molecule has 3 amide bonds. The summed E-state index contributed by atoms with van der Waals surface area (Å²) in [5.41, 5.74) is -0.415. The fourth-order valence-electron chi connectivity index (χ4n) is 5.66. The first-order chi connectivity index (χ1) is 20.3. The number of rotatable bonds is 14. The van der Waals surface area contributed by atoms with Crippen LogP contribution in [-0.2, 0) is 44.9 Å². The first-order valence-corrected chi connectivity index (χ1v) is 16.9. The van der Waals surface area contributed by atoms with Crippen molar-refractivity contribution in [1.29, 1.82) is 0 Å². The highest BCUT2D eigenvalue weighted by atomic mass is 32.2. The zero-order valence-electron chi connectivity index (χ0n) is 25.2. The van der Waals surface area contributed by atoms with E-state index in [-0.39, 0.29) is 29.6 Å². The smallest absolute Gasteiger partial charge is 0.243 e. The molecule has 4 rings (SSSR count). The van der Waals surface area contributed by atoms with Gasteiger partial charge in [-0.1, -0.05) is 37.8 Å². The fourth-order valence-corrected chi connectivity index (χ4v) is 6.35. The summed E-state index contributed by atoms with van der Waals surface area (Å²) in [6.07, 6.45) is 5.69. The largest absolute Gasteiger partial charge is 0.379 e. The highest BCUT2D eigenvalue weighted by Gasteiger charge is 2.50. The molecule has 13 heteroatoms. The van der Waals surface area contributed by atoms with Crippen LogP contribution in [0.15, 0.2) is 29.2 Å². The highest BCUT2D eigenvalue weighted by Crippen LogP contribution is 2.33. The van der Waals surface area contributed by atoms with Gasteiger partial charge in [-0.15, -0.1) is 0 Å². The molecule has 0 spiro atoms. The van der Waals surface area contributed by atoms with E-state index in [9.17, 15) is 27.6 Å². The molecule has 43 heavy (non-hydrogen) atoms. The van der Waals surface area contributed by atoms with E-state index in [2.05, 4.69) is 16.0 Å². The lowest BCUT2D eigenvalue weighted by Gasteiger charge is -2.27. The molecular formula is C30H44N4O8S. The van der Waals surface area contributed by atoms with Crippen LogP contribution in [0.1, 0.15) is 51.5 Å². The summed E-state index contributed by atoms with van der Waals surface area (Å²) in [6.45, 7) is 5.97. The van der Waals surface area contributed by atoms with Gasteiger partial charge in [-0.3, -0.25) is 24.1 Å². The Bertz CT molecular complexity index is 1290. The summed E-state index contributed by atoms with van der Waals surface area (Å²) in [4.78, 5) is 55.0. The highest BCUT2D eigenvalue weighted by molar-refractivity contribution is 7.90. The summed E-state index contributed by atoms with van der Waals surface area (Å²) in [7, 11) is -3.50. The van der Waals surface area contributed by atoms with Gasteiger partial charge in [0.05, 0.1) is 37.3 Å². The maximum Gasteiger partial charge on any atom is 0.243 e. The van der Waals surface area contributed by atoms with Gasteiger partial charge < -0.3 is 25.4 Å². The number of amides is 3. The second kappa shape index (κ2) is 14.3. The van der Waals surface area contributed by atoms with Crippen molar-refractivity contribution in [2.75, 3.05) is 45.7 Å². The van der Waals surface area contributed by atoms with E-state index in [4.69, 9.17) is 9.47 Å². The number of carbonyl (C=O) groups excluding carboxylic acids is 4. The summed E-state index contributed by atoms with van der Waals surface area (Å²) in [5.74, 6) is -1.36. The predicted molar refractivity (Wildman–Crippen MR) is 158 cm³/mol. The molecule has 2 heterocycles. The number of epoxide rings is 1.